The van der Waals surface area contributed by atoms with Crippen molar-refractivity contribution in [2.45, 2.75) is 6.92 Å². The van der Waals surface area contributed by atoms with Gasteiger partial charge >= 0.3 is 0 Å². The number of rotatable bonds is 4. The van der Waals surface area contributed by atoms with Gasteiger partial charge in [0.25, 0.3) is 0 Å². The predicted octanol–water partition coefficient (Wildman–Crippen LogP) is 0.0980. The van der Waals surface area contributed by atoms with Gasteiger partial charge < -0.3 is 5.32 Å². The number of hydrogen-bond donors (Lipinski definition) is 1. The van der Waals surface area contributed by atoms with Crippen LogP contribution in [0.1, 0.15) is 6.92 Å². The highest BCUT2D eigenvalue weighted by Gasteiger charge is 2.14. The number of likely N-dealkylation sites (N-methyl/N-ethyl adjacent to an activating group) is 1. The van der Waals surface area contributed by atoms with E-state index in [1.54, 1.807) is 0 Å². The summed E-state index contributed by atoms with van der Waals surface area (Å²) in [5.74, 6) is 0. The highest BCUT2D eigenvalue weighted by Crippen LogP contribution is 1.99. The van der Waals surface area contributed by atoms with E-state index in [2.05, 4.69) is 17.1 Å². The van der Waals surface area contributed by atoms with Crippen molar-refractivity contribution < 1.29 is 4.48 Å². The van der Waals surface area contributed by atoms with Crippen LogP contribution in [0.3, 0.4) is 0 Å². The van der Waals surface area contributed by atoms with Gasteiger partial charge in [-0.25, -0.2) is 0 Å². The van der Waals surface area contributed by atoms with Crippen LogP contribution in [0.2, 0.25) is 0 Å². The molecule has 0 aliphatic carbocycles. The van der Waals surface area contributed by atoms with Crippen LogP contribution in [-0.4, -0.2) is 55.8 Å². The predicted molar refractivity (Wildman–Crippen MR) is 47.7 cm³/mol. The van der Waals surface area contributed by atoms with Gasteiger partial charge in [0, 0.05) is 39.3 Å². The Labute approximate surface area is 73.5 Å². The van der Waals surface area contributed by atoms with E-state index in [-0.39, 0.29) is 0 Å². The summed E-state index contributed by atoms with van der Waals surface area (Å²) in [4.78, 5) is 2.29. The van der Waals surface area contributed by atoms with E-state index < -0.39 is 0 Å². The topological polar surface area (TPSA) is 18.5 Å². The maximum atomic E-state index is 12.5. The Morgan fingerprint density at radius 3 is 2.50 bits per heavy atom. The van der Waals surface area contributed by atoms with E-state index in [1.165, 1.54) is 0 Å². The third-order valence-electron chi connectivity index (χ3n) is 2.17. The molecule has 0 aromatic carbocycles. The molecule has 0 spiro atoms. The summed E-state index contributed by atoms with van der Waals surface area (Å²) in [6.07, 6.45) is 0. The van der Waals surface area contributed by atoms with E-state index in [1.807, 2.05) is 0 Å². The molecule has 0 atom stereocenters. The molecule has 1 aliphatic heterocycles. The van der Waals surface area contributed by atoms with Crippen LogP contribution in [0.5, 0.6) is 0 Å². The Balaban J connectivity index is 2.01. The second-order valence-electron chi connectivity index (χ2n) is 3.11. The van der Waals surface area contributed by atoms with E-state index in [0.717, 1.165) is 37.8 Å². The van der Waals surface area contributed by atoms with Crippen molar-refractivity contribution in [1.82, 2.24) is 15.3 Å². The fraction of sp³-hybridized carbons (Fsp3) is 1.00. The van der Waals surface area contributed by atoms with Gasteiger partial charge in [-0.2, -0.15) is 0 Å². The lowest BCUT2D eigenvalue weighted by Gasteiger charge is -2.29. The average molecular weight is 175 g/mol. The van der Waals surface area contributed by atoms with Gasteiger partial charge in [-0.3, -0.25) is 4.90 Å². The van der Waals surface area contributed by atoms with Crippen molar-refractivity contribution in [3.63, 3.8) is 0 Å². The third-order valence-corrected chi connectivity index (χ3v) is 2.17. The van der Waals surface area contributed by atoms with Gasteiger partial charge in [0.2, 0.25) is 0 Å². The van der Waals surface area contributed by atoms with Crippen LogP contribution in [-0.2, 0) is 0 Å². The van der Waals surface area contributed by atoms with Crippen molar-refractivity contribution in [1.29, 1.82) is 0 Å². The quantitative estimate of drug-likeness (QED) is 0.483. The molecule has 0 aromatic heterocycles. The molecule has 0 bridgehead atoms. The molecule has 72 valence electrons. The molecule has 1 N–H and O–H groups in total. The second-order valence-corrected chi connectivity index (χ2v) is 3.11. The van der Waals surface area contributed by atoms with Crippen molar-refractivity contribution in [2.75, 3.05) is 45.8 Å². The molecule has 1 saturated heterocycles. The third kappa shape index (κ3) is 3.47. The standard InChI is InChI=1S/C8H18FN3/c1-2-10-3-4-11-5-7-12(9)8-6-11/h10H,2-8H2,1H3. The minimum Gasteiger partial charge on any atom is -0.316 e. The number of nitrogens with one attached hydrogen (secondary N) is 1. The largest absolute Gasteiger partial charge is 0.316 e. The molecule has 1 fully saturated rings. The Morgan fingerprint density at radius 2 is 1.92 bits per heavy atom. The molecule has 1 heterocycles. The average Bonchev–Trinajstić information content (AvgIpc) is 2.09. The molecule has 0 saturated carbocycles. The van der Waals surface area contributed by atoms with E-state index >= 15 is 0 Å². The molecule has 3 nitrogen and oxygen atoms in total. The zero-order chi connectivity index (χ0) is 8.81. The first-order valence-electron chi connectivity index (χ1n) is 4.66. The first kappa shape index (κ1) is 9.89. The molecule has 4 heteroatoms. The van der Waals surface area contributed by atoms with Gasteiger partial charge in [0.05, 0.1) is 0 Å². The molecule has 1 aliphatic rings. The Hall–Kier alpha value is -0.190. The fourth-order valence-electron chi connectivity index (χ4n) is 1.36. The van der Waals surface area contributed by atoms with E-state index in [0.29, 0.717) is 13.1 Å². The first-order valence-corrected chi connectivity index (χ1v) is 4.66. The SMILES string of the molecule is CCNCCN1CCN(F)CC1. The maximum Gasteiger partial charge on any atom is 0.0418 e. The summed E-state index contributed by atoms with van der Waals surface area (Å²) >= 11 is 0. The fourth-order valence-corrected chi connectivity index (χ4v) is 1.36. The van der Waals surface area contributed by atoms with Crippen LogP contribution in [0.25, 0.3) is 0 Å². The molecule has 0 amide bonds. The Morgan fingerprint density at radius 1 is 1.25 bits per heavy atom. The summed E-state index contributed by atoms with van der Waals surface area (Å²) in [6, 6.07) is 0. The summed E-state index contributed by atoms with van der Waals surface area (Å²) in [7, 11) is 0. The van der Waals surface area contributed by atoms with Crippen molar-refractivity contribution in [3.05, 3.63) is 0 Å². The van der Waals surface area contributed by atoms with Gasteiger partial charge in [-0.15, -0.1) is 9.60 Å². The van der Waals surface area contributed by atoms with Crippen LogP contribution in [0.4, 0.5) is 4.48 Å². The van der Waals surface area contributed by atoms with Gasteiger partial charge in [-0.1, -0.05) is 6.92 Å². The highest BCUT2D eigenvalue weighted by molar-refractivity contribution is 4.67. The monoisotopic (exact) mass is 175 g/mol. The molecule has 0 aromatic rings. The molecular weight excluding hydrogens is 157 g/mol. The molecule has 0 unspecified atom stereocenters. The van der Waals surface area contributed by atoms with E-state index in [9.17, 15) is 4.48 Å². The zero-order valence-corrected chi connectivity index (χ0v) is 7.72. The number of nitrogens with zero attached hydrogens (tertiary/aromatic N) is 2. The van der Waals surface area contributed by atoms with Gasteiger partial charge in [0.15, 0.2) is 0 Å². The molecule has 0 radical (unpaired) electrons. The zero-order valence-electron chi connectivity index (χ0n) is 7.72. The highest BCUT2D eigenvalue weighted by atomic mass is 19.2. The Kier molecular flexibility index (Phi) is 4.50. The second kappa shape index (κ2) is 5.45. The lowest BCUT2D eigenvalue weighted by molar-refractivity contribution is -0.0211. The molecular formula is C8H18FN3. The van der Waals surface area contributed by atoms with Crippen molar-refractivity contribution in [2.24, 2.45) is 0 Å². The van der Waals surface area contributed by atoms with Crippen LogP contribution in [0, 0.1) is 0 Å². The summed E-state index contributed by atoms with van der Waals surface area (Å²) in [6.45, 7) is 8.02. The maximum absolute atomic E-state index is 12.5. The van der Waals surface area contributed by atoms with Gasteiger partial charge in [-0.05, 0) is 6.54 Å². The van der Waals surface area contributed by atoms with Gasteiger partial charge in [0.1, 0.15) is 0 Å². The smallest absolute Gasteiger partial charge is 0.0418 e. The van der Waals surface area contributed by atoms with Crippen molar-refractivity contribution in [3.8, 4) is 0 Å². The summed E-state index contributed by atoms with van der Waals surface area (Å²) in [5.41, 5.74) is 0. The molecule has 12 heavy (non-hydrogen) atoms. The lowest BCUT2D eigenvalue weighted by Crippen LogP contribution is -2.45. The Bertz CT molecular complexity index is 113. The summed E-state index contributed by atoms with van der Waals surface area (Å²) in [5, 5.41) is 4.15. The first-order chi connectivity index (χ1) is 5.83. The minimum absolute atomic E-state index is 0.562. The summed E-state index contributed by atoms with van der Waals surface area (Å²) < 4.78 is 12.5. The minimum atomic E-state index is 0.562. The van der Waals surface area contributed by atoms with Crippen LogP contribution < -0.4 is 5.32 Å². The lowest BCUT2D eigenvalue weighted by atomic mass is 10.3. The molecule has 1 rings (SSSR count). The van der Waals surface area contributed by atoms with Crippen LogP contribution >= 0.6 is 0 Å². The number of piperazine rings is 1. The van der Waals surface area contributed by atoms with E-state index in [4.69, 9.17) is 0 Å². The number of halogens is 1. The van der Waals surface area contributed by atoms with Crippen LogP contribution in [0.15, 0.2) is 0 Å². The van der Waals surface area contributed by atoms with Crippen molar-refractivity contribution >= 4 is 0 Å². The number of hydrogen-bond acceptors (Lipinski definition) is 3. The normalized spacial score (nSPS) is 21.5.